The van der Waals surface area contributed by atoms with Gasteiger partial charge in [-0.2, -0.15) is 0 Å². The van der Waals surface area contributed by atoms with Crippen LogP contribution in [0.5, 0.6) is 0 Å². The normalized spacial score (nSPS) is 23.3. The maximum absolute atomic E-state index is 5.53. The maximum Gasteiger partial charge on any atom is 0.233 e. The van der Waals surface area contributed by atoms with E-state index in [-0.39, 0.29) is 0 Å². The Labute approximate surface area is 160 Å². The van der Waals surface area contributed by atoms with E-state index in [1.54, 1.807) is 0 Å². The largest absolute Gasteiger partial charge is 0.458 e. The van der Waals surface area contributed by atoms with Crippen molar-refractivity contribution in [3.8, 4) is 0 Å². The van der Waals surface area contributed by atoms with Crippen LogP contribution in [0.1, 0.15) is 69.8 Å². The maximum atomic E-state index is 5.53. The quantitative estimate of drug-likeness (QED) is 0.815. The summed E-state index contributed by atoms with van der Waals surface area (Å²) in [5.74, 6) is 2.88. The molecule has 1 aliphatic heterocycles. The molecule has 2 fully saturated rings. The van der Waals surface area contributed by atoms with Crippen molar-refractivity contribution in [3.05, 3.63) is 35.9 Å². The summed E-state index contributed by atoms with van der Waals surface area (Å²) < 4.78 is 2.11. The SMILES string of the molecule is c1ccc(C2=N[B-](C3CCCCC3)(C3CCCCC3)n3nnnc3N2)cc1. The van der Waals surface area contributed by atoms with Gasteiger partial charge in [-0.05, 0) is 5.21 Å². The number of hydrogen-bond donors (Lipinski definition) is 1. The number of benzene rings is 1. The van der Waals surface area contributed by atoms with E-state index < -0.39 is 6.42 Å². The molecule has 1 N–H and O–H groups in total. The molecule has 0 bridgehead atoms. The number of aromatic nitrogens is 4. The molecule has 0 unspecified atom stereocenters. The smallest absolute Gasteiger partial charge is 0.233 e. The van der Waals surface area contributed by atoms with Gasteiger partial charge in [0.2, 0.25) is 12.4 Å². The van der Waals surface area contributed by atoms with Gasteiger partial charge in [0.1, 0.15) is 0 Å². The van der Waals surface area contributed by atoms with Crippen molar-refractivity contribution in [2.45, 2.75) is 75.8 Å². The topological polar surface area (TPSA) is 68.0 Å². The monoisotopic (exact) mass is 363 g/mol. The molecule has 2 aromatic rings. The Morgan fingerprint density at radius 2 is 1.48 bits per heavy atom. The van der Waals surface area contributed by atoms with E-state index >= 15 is 0 Å². The molecule has 2 heterocycles. The van der Waals surface area contributed by atoms with E-state index in [4.69, 9.17) is 4.90 Å². The lowest BCUT2D eigenvalue weighted by Crippen LogP contribution is -2.56. The van der Waals surface area contributed by atoms with Crippen LogP contribution in [0, 0.1) is 0 Å². The molecule has 1 aromatic heterocycles. The van der Waals surface area contributed by atoms with Gasteiger partial charge >= 0.3 is 0 Å². The molecular formula is C20H28BN6-. The highest BCUT2D eigenvalue weighted by Gasteiger charge is 2.46. The predicted octanol–water partition coefficient (Wildman–Crippen LogP) is 4.50. The number of anilines is 1. The van der Waals surface area contributed by atoms with Gasteiger partial charge in [-0.1, -0.05) is 105 Å². The van der Waals surface area contributed by atoms with Crippen LogP contribution in [-0.2, 0) is 0 Å². The lowest BCUT2D eigenvalue weighted by atomic mass is 9.27. The Morgan fingerprint density at radius 3 is 2.11 bits per heavy atom. The zero-order valence-electron chi connectivity index (χ0n) is 15.9. The van der Waals surface area contributed by atoms with Crippen LogP contribution in [0.4, 0.5) is 5.95 Å². The Morgan fingerprint density at radius 1 is 0.852 bits per heavy atom. The third-order valence-electron chi connectivity index (χ3n) is 7.19. The van der Waals surface area contributed by atoms with E-state index in [2.05, 4.69) is 55.8 Å². The van der Waals surface area contributed by atoms with E-state index in [0.29, 0.717) is 11.6 Å². The Kier molecular flexibility index (Phi) is 4.46. The summed E-state index contributed by atoms with van der Waals surface area (Å²) >= 11 is 0. The highest BCUT2D eigenvalue weighted by Crippen LogP contribution is 2.50. The Bertz CT molecular complexity index is 787. The summed E-state index contributed by atoms with van der Waals surface area (Å²) in [6.07, 6.45) is 11.7. The van der Waals surface area contributed by atoms with Gasteiger partial charge in [0.15, 0.2) is 0 Å². The summed E-state index contributed by atoms with van der Waals surface area (Å²) in [4.78, 5) is 5.53. The molecule has 0 atom stereocenters. The molecule has 2 aliphatic carbocycles. The fraction of sp³-hybridized carbons (Fsp3) is 0.600. The zero-order valence-corrected chi connectivity index (χ0v) is 15.9. The molecule has 27 heavy (non-hydrogen) atoms. The number of nitrogens with one attached hydrogen (secondary N) is 1. The van der Waals surface area contributed by atoms with Crippen LogP contribution in [-0.4, -0.2) is 32.4 Å². The van der Waals surface area contributed by atoms with Crippen LogP contribution < -0.4 is 5.32 Å². The number of tetrazole rings is 1. The first-order chi connectivity index (χ1) is 13.4. The average molecular weight is 363 g/mol. The minimum Gasteiger partial charge on any atom is -0.458 e. The van der Waals surface area contributed by atoms with Gasteiger partial charge < -0.3 is 14.8 Å². The molecule has 0 spiro atoms. The van der Waals surface area contributed by atoms with E-state index in [9.17, 15) is 0 Å². The zero-order chi connectivity index (χ0) is 18.1. The molecule has 1 aromatic carbocycles. The van der Waals surface area contributed by atoms with Gasteiger partial charge in [-0.15, -0.1) is 11.6 Å². The van der Waals surface area contributed by atoms with Crippen molar-refractivity contribution in [1.82, 2.24) is 20.1 Å². The number of amidine groups is 1. The van der Waals surface area contributed by atoms with Crippen molar-refractivity contribution in [2.75, 3.05) is 5.32 Å². The molecule has 7 heteroatoms. The van der Waals surface area contributed by atoms with Crippen LogP contribution in [0.25, 0.3) is 0 Å². The molecule has 0 amide bonds. The van der Waals surface area contributed by atoms with Gasteiger partial charge in [-0.25, -0.2) is 0 Å². The molecule has 5 rings (SSSR count). The van der Waals surface area contributed by atoms with Crippen LogP contribution in [0.15, 0.2) is 35.2 Å². The van der Waals surface area contributed by atoms with Crippen molar-refractivity contribution >= 4 is 18.2 Å². The van der Waals surface area contributed by atoms with E-state index in [0.717, 1.165) is 17.3 Å². The standard InChI is InChI=1S/C20H28BN6/c1-4-10-16(11-5-1)19-22-20-24-25-26-27(20)21(23-19,17-12-6-2-7-13-17)18-14-8-3-9-15-18/h1,4-5,10-11,17-18H,2-3,6-9,12-15H2,(H,22,23,24,26)/q-1. The summed E-state index contributed by atoms with van der Waals surface area (Å²) in [5, 5.41) is 16.3. The third-order valence-corrected chi connectivity index (χ3v) is 7.19. The Balaban J connectivity index is 1.67. The number of fused-ring (bicyclic) bond motifs is 1. The van der Waals surface area contributed by atoms with Gasteiger partial charge in [-0.3, -0.25) is 0 Å². The highest BCUT2D eigenvalue weighted by atomic mass is 15.6. The van der Waals surface area contributed by atoms with Crippen LogP contribution in [0.3, 0.4) is 0 Å². The minimum atomic E-state index is -1.22. The van der Waals surface area contributed by atoms with Gasteiger partial charge in [0, 0.05) is 5.56 Å². The molecule has 0 radical (unpaired) electrons. The summed E-state index contributed by atoms with van der Waals surface area (Å²) in [6, 6.07) is 10.5. The second-order valence-corrected chi connectivity index (χ2v) is 8.62. The molecule has 3 aliphatic rings. The predicted molar refractivity (Wildman–Crippen MR) is 109 cm³/mol. The van der Waals surface area contributed by atoms with Gasteiger partial charge in [0.05, 0.1) is 5.84 Å². The first-order valence-electron chi connectivity index (χ1n) is 10.7. The average Bonchev–Trinajstić information content (AvgIpc) is 3.24. The van der Waals surface area contributed by atoms with Crippen LogP contribution >= 0.6 is 0 Å². The molecular weight excluding hydrogens is 335 g/mol. The third kappa shape index (κ3) is 2.88. The van der Waals surface area contributed by atoms with Crippen molar-refractivity contribution < 1.29 is 0 Å². The van der Waals surface area contributed by atoms with Gasteiger partial charge in [0.25, 0.3) is 0 Å². The number of nitrogens with zero attached hydrogens (tertiary/aromatic N) is 5. The number of hydrogen-bond acceptors (Lipinski definition) is 5. The first-order valence-corrected chi connectivity index (χ1v) is 10.7. The lowest BCUT2D eigenvalue weighted by Gasteiger charge is -2.54. The minimum absolute atomic E-state index is 0.574. The van der Waals surface area contributed by atoms with Crippen LogP contribution in [0.2, 0.25) is 11.6 Å². The first kappa shape index (κ1) is 17.0. The van der Waals surface area contributed by atoms with Crippen molar-refractivity contribution in [1.29, 1.82) is 0 Å². The number of rotatable bonds is 3. The summed E-state index contributed by atoms with van der Waals surface area (Å²) in [5.41, 5.74) is 1.13. The second kappa shape index (κ2) is 7.10. The molecule has 0 saturated heterocycles. The second-order valence-electron chi connectivity index (χ2n) is 8.62. The molecule has 6 nitrogen and oxygen atoms in total. The lowest BCUT2D eigenvalue weighted by molar-refractivity contribution is 0.439. The Hall–Kier alpha value is -2.18. The molecule has 142 valence electrons. The van der Waals surface area contributed by atoms with Crippen molar-refractivity contribution in [3.63, 3.8) is 0 Å². The highest BCUT2D eigenvalue weighted by molar-refractivity contribution is 6.81. The molecule has 2 saturated carbocycles. The van der Waals surface area contributed by atoms with Crippen molar-refractivity contribution in [2.24, 2.45) is 4.90 Å². The summed E-state index contributed by atoms with van der Waals surface area (Å²) in [6.45, 7) is 0. The fourth-order valence-electron chi connectivity index (χ4n) is 5.94. The summed E-state index contributed by atoms with van der Waals surface area (Å²) in [7, 11) is 0. The fourth-order valence-corrected chi connectivity index (χ4v) is 5.94. The van der Waals surface area contributed by atoms with E-state index in [1.165, 1.54) is 64.2 Å². The van der Waals surface area contributed by atoms with E-state index in [1.807, 2.05) is 0 Å².